The highest BCUT2D eigenvalue weighted by atomic mass is 16.5. The van der Waals surface area contributed by atoms with Gasteiger partial charge < -0.3 is 14.5 Å². The molecule has 0 aliphatic rings. The summed E-state index contributed by atoms with van der Waals surface area (Å²) in [6.07, 6.45) is 0. The topological polar surface area (TPSA) is 77.3 Å². The predicted molar refractivity (Wildman–Crippen MR) is 90.1 cm³/mol. The molecule has 0 spiro atoms. The van der Waals surface area contributed by atoms with Crippen molar-refractivity contribution in [2.45, 2.75) is 13.5 Å². The van der Waals surface area contributed by atoms with E-state index >= 15 is 0 Å². The van der Waals surface area contributed by atoms with Gasteiger partial charge in [0.2, 0.25) is 11.8 Å². The van der Waals surface area contributed by atoms with Gasteiger partial charge in [-0.05, 0) is 49.4 Å². The van der Waals surface area contributed by atoms with E-state index in [-0.39, 0.29) is 5.78 Å². The van der Waals surface area contributed by atoms with E-state index in [0.29, 0.717) is 23.9 Å². The van der Waals surface area contributed by atoms with Gasteiger partial charge in [0.15, 0.2) is 5.78 Å². The van der Waals surface area contributed by atoms with Gasteiger partial charge in [-0.1, -0.05) is 6.07 Å². The molecule has 0 amide bonds. The standard InChI is InChI=1S/C18H17N3O3/c1-12(22)13-6-8-15(9-7-13)19-11-17-20-21-18(24-17)14-4-3-5-16(10-14)23-2/h3-10,19H,11H2,1-2H3. The van der Waals surface area contributed by atoms with Crippen LogP contribution in [-0.4, -0.2) is 23.1 Å². The first-order valence-corrected chi connectivity index (χ1v) is 7.47. The van der Waals surface area contributed by atoms with E-state index in [1.165, 1.54) is 0 Å². The Balaban J connectivity index is 1.66. The lowest BCUT2D eigenvalue weighted by molar-refractivity contribution is 0.101. The summed E-state index contributed by atoms with van der Waals surface area (Å²) in [6.45, 7) is 1.94. The van der Waals surface area contributed by atoms with Crippen molar-refractivity contribution >= 4 is 11.5 Å². The summed E-state index contributed by atoms with van der Waals surface area (Å²) in [4.78, 5) is 11.3. The number of Topliss-reactive ketones (excluding diaryl/α,β-unsaturated/α-hetero) is 1. The Bertz CT molecular complexity index is 841. The molecule has 3 rings (SSSR count). The summed E-state index contributed by atoms with van der Waals surface area (Å²) < 4.78 is 10.8. The lowest BCUT2D eigenvalue weighted by Crippen LogP contribution is -2.00. The minimum Gasteiger partial charge on any atom is -0.497 e. The number of hydrogen-bond acceptors (Lipinski definition) is 6. The molecule has 6 heteroatoms. The Morgan fingerprint density at radius 3 is 2.67 bits per heavy atom. The van der Waals surface area contributed by atoms with Crippen molar-refractivity contribution in [2.24, 2.45) is 0 Å². The number of ether oxygens (including phenoxy) is 1. The van der Waals surface area contributed by atoms with Crippen molar-refractivity contribution in [3.05, 3.63) is 60.0 Å². The Morgan fingerprint density at radius 1 is 1.17 bits per heavy atom. The molecule has 0 unspecified atom stereocenters. The van der Waals surface area contributed by atoms with Crippen molar-refractivity contribution in [3.8, 4) is 17.2 Å². The van der Waals surface area contributed by atoms with Crippen LogP contribution in [0.15, 0.2) is 52.9 Å². The van der Waals surface area contributed by atoms with Gasteiger partial charge in [0.05, 0.1) is 13.7 Å². The second kappa shape index (κ2) is 6.95. The van der Waals surface area contributed by atoms with Crippen LogP contribution in [0, 0.1) is 0 Å². The fraction of sp³-hybridized carbons (Fsp3) is 0.167. The molecule has 0 aliphatic heterocycles. The van der Waals surface area contributed by atoms with Gasteiger partial charge in [-0.2, -0.15) is 0 Å². The van der Waals surface area contributed by atoms with Gasteiger partial charge in [-0.15, -0.1) is 10.2 Å². The van der Waals surface area contributed by atoms with Crippen molar-refractivity contribution in [2.75, 3.05) is 12.4 Å². The summed E-state index contributed by atoms with van der Waals surface area (Å²) in [5.74, 6) is 1.69. The maximum absolute atomic E-state index is 11.3. The minimum absolute atomic E-state index is 0.0429. The van der Waals surface area contributed by atoms with Crippen LogP contribution in [0.2, 0.25) is 0 Å². The van der Waals surface area contributed by atoms with Crippen molar-refractivity contribution < 1.29 is 13.9 Å². The molecular weight excluding hydrogens is 306 g/mol. The SMILES string of the molecule is COc1cccc(-c2nnc(CNc3ccc(C(C)=O)cc3)o2)c1. The smallest absolute Gasteiger partial charge is 0.247 e. The van der Waals surface area contributed by atoms with Crippen LogP contribution in [0.5, 0.6) is 5.75 Å². The highest BCUT2D eigenvalue weighted by Crippen LogP contribution is 2.22. The zero-order valence-electron chi connectivity index (χ0n) is 13.4. The number of methoxy groups -OCH3 is 1. The van der Waals surface area contributed by atoms with Gasteiger partial charge in [-0.25, -0.2) is 0 Å². The van der Waals surface area contributed by atoms with Gasteiger partial charge >= 0.3 is 0 Å². The molecular formula is C18H17N3O3. The van der Waals surface area contributed by atoms with Crippen LogP contribution in [0.25, 0.3) is 11.5 Å². The molecule has 1 aromatic heterocycles. The minimum atomic E-state index is 0.0429. The molecule has 3 aromatic rings. The molecule has 122 valence electrons. The van der Waals surface area contributed by atoms with Crippen LogP contribution in [0.4, 0.5) is 5.69 Å². The Kier molecular flexibility index (Phi) is 4.56. The van der Waals surface area contributed by atoms with E-state index in [9.17, 15) is 4.79 Å². The maximum atomic E-state index is 11.3. The number of carbonyl (C=O) groups excluding carboxylic acids is 1. The number of hydrogen-bond donors (Lipinski definition) is 1. The molecule has 24 heavy (non-hydrogen) atoms. The third-order valence-electron chi connectivity index (χ3n) is 3.52. The molecule has 0 aliphatic carbocycles. The van der Waals surface area contributed by atoms with Gasteiger partial charge in [0.25, 0.3) is 0 Å². The fourth-order valence-electron chi connectivity index (χ4n) is 2.20. The number of rotatable bonds is 6. The van der Waals surface area contributed by atoms with E-state index in [1.807, 2.05) is 36.4 Å². The summed E-state index contributed by atoms with van der Waals surface area (Å²) >= 11 is 0. The van der Waals surface area contributed by atoms with Crippen molar-refractivity contribution in [1.29, 1.82) is 0 Å². The monoisotopic (exact) mass is 323 g/mol. The molecule has 1 heterocycles. The molecule has 2 aromatic carbocycles. The van der Waals surface area contributed by atoms with Crippen LogP contribution in [-0.2, 0) is 6.54 Å². The quantitative estimate of drug-likeness (QED) is 0.699. The number of ketones is 1. The first-order chi connectivity index (χ1) is 11.7. The van der Waals surface area contributed by atoms with E-state index in [4.69, 9.17) is 9.15 Å². The molecule has 0 saturated heterocycles. The van der Waals surface area contributed by atoms with Gasteiger partial charge in [0.1, 0.15) is 5.75 Å². The predicted octanol–water partition coefficient (Wildman–Crippen LogP) is 3.56. The highest BCUT2D eigenvalue weighted by Gasteiger charge is 2.09. The molecule has 0 saturated carbocycles. The maximum Gasteiger partial charge on any atom is 0.247 e. The second-order valence-electron chi connectivity index (χ2n) is 5.22. The third-order valence-corrected chi connectivity index (χ3v) is 3.52. The number of nitrogens with one attached hydrogen (secondary N) is 1. The summed E-state index contributed by atoms with van der Waals surface area (Å²) in [5, 5.41) is 11.3. The van der Waals surface area contributed by atoms with Crippen molar-refractivity contribution in [3.63, 3.8) is 0 Å². The average molecular weight is 323 g/mol. The lowest BCUT2D eigenvalue weighted by atomic mass is 10.1. The zero-order chi connectivity index (χ0) is 16.9. The summed E-state index contributed by atoms with van der Waals surface area (Å²) in [6, 6.07) is 14.7. The summed E-state index contributed by atoms with van der Waals surface area (Å²) in [5.41, 5.74) is 2.36. The number of benzene rings is 2. The van der Waals surface area contributed by atoms with Crippen LogP contribution in [0.3, 0.4) is 0 Å². The molecule has 6 nitrogen and oxygen atoms in total. The Morgan fingerprint density at radius 2 is 1.96 bits per heavy atom. The molecule has 0 radical (unpaired) electrons. The van der Waals surface area contributed by atoms with Gasteiger partial charge in [-0.3, -0.25) is 4.79 Å². The highest BCUT2D eigenvalue weighted by molar-refractivity contribution is 5.94. The molecule has 0 bridgehead atoms. The van der Waals surface area contributed by atoms with Crippen LogP contribution in [0.1, 0.15) is 23.2 Å². The normalized spacial score (nSPS) is 10.4. The summed E-state index contributed by atoms with van der Waals surface area (Å²) in [7, 11) is 1.61. The number of carbonyl (C=O) groups is 1. The van der Waals surface area contributed by atoms with E-state index in [1.54, 1.807) is 26.2 Å². The van der Waals surface area contributed by atoms with E-state index in [0.717, 1.165) is 17.0 Å². The fourth-order valence-corrected chi connectivity index (χ4v) is 2.20. The lowest BCUT2D eigenvalue weighted by Gasteiger charge is -2.04. The first-order valence-electron chi connectivity index (χ1n) is 7.47. The second-order valence-corrected chi connectivity index (χ2v) is 5.22. The van der Waals surface area contributed by atoms with Crippen LogP contribution >= 0.6 is 0 Å². The Hall–Kier alpha value is -3.15. The first kappa shape index (κ1) is 15.7. The van der Waals surface area contributed by atoms with E-state index < -0.39 is 0 Å². The Labute approximate surface area is 139 Å². The number of nitrogens with zero attached hydrogens (tertiary/aromatic N) is 2. The van der Waals surface area contributed by atoms with Crippen molar-refractivity contribution in [1.82, 2.24) is 10.2 Å². The van der Waals surface area contributed by atoms with Gasteiger partial charge in [0, 0.05) is 16.8 Å². The van der Waals surface area contributed by atoms with Crippen LogP contribution < -0.4 is 10.1 Å². The molecule has 1 N–H and O–H groups in total. The zero-order valence-corrected chi connectivity index (χ0v) is 13.4. The number of anilines is 1. The van der Waals surface area contributed by atoms with E-state index in [2.05, 4.69) is 15.5 Å². The third kappa shape index (κ3) is 3.60. The average Bonchev–Trinajstić information content (AvgIpc) is 3.09. The molecule has 0 fully saturated rings. The number of aromatic nitrogens is 2. The largest absolute Gasteiger partial charge is 0.497 e. The molecule has 0 atom stereocenters.